The highest BCUT2D eigenvalue weighted by Gasteiger charge is 2.35. The number of benzene rings is 1. The summed E-state index contributed by atoms with van der Waals surface area (Å²) in [6.07, 6.45) is -1.60. The molecule has 1 atom stereocenters. The van der Waals surface area contributed by atoms with Gasteiger partial charge in [0.15, 0.2) is 0 Å². The van der Waals surface area contributed by atoms with E-state index in [0.717, 1.165) is 6.07 Å². The molecular formula is C8H5Cl4FO. The minimum atomic E-state index is -2.01. The first-order valence-electron chi connectivity index (χ1n) is 3.52. The van der Waals surface area contributed by atoms with E-state index < -0.39 is 15.7 Å². The maximum atomic E-state index is 13.2. The van der Waals surface area contributed by atoms with E-state index >= 15 is 0 Å². The van der Waals surface area contributed by atoms with Gasteiger partial charge in [-0.1, -0.05) is 52.5 Å². The second kappa shape index (κ2) is 4.42. The van der Waals surface area contributed by atoms with Gasteiger partial charge in [-0.2, -0.15) is 0 Å². The van der Waals surface area contributed by atoms with Crippen molar-refractivity contribution in [2.45, 2.75) is 9.90 Å². The molecule has 0 bridgehead atoms. The molecular weight excluding hydrogens is 273 g/mol. The molecule has 78 valence electrons. The maximum absolute atomic E-state index is 13.2. The van der Waals surface area contributed by atoms with Crippen LogP contribution in [0.5, 0.6) is 0 Å². The molecule has 0 spiro atoms. The van der Waals surface area contributed by atoms with Crippen molar-refractivity contribution in [3.8, 4) is 0 Å². The van der Waals surface area contributed by atoms with Gasteiger partial charge in [0.25, 0.3) is 0 Å². The van der Waals surface area contributed by atoms with E-state index in [2.05, 4.69) is 0 Å². The van der Waals surface area contributed by atoms with E-state index in [4.69, 9.17) is 46.4 Å². The van der Waals surface area contributed by atoms with E-state index in [1.165, 1.54) is 12.1 Å². The van der Waals surface area contributed by atoms with Crippen molar-refractivity contribution < 1.29 is 9.50 Å². The molecule has 0 saturated carbocycles. The Morgan fingerprint density at radius 1 is 1.29 bits per heavy atom. The summed E-state index contributed by atoms with van der Waals surface area (Å²) >= 11 is 21.9. The predicted octanol–water partition coefficient (Wildman–Crippen LogP) is 3.88. The Balaban J connectivity index is 3.19. The van der Waals surface area contributed by atoms with E-state index in [0.29, 0.717) is 0 Å². The number of alkyl halides is 3. The van der Waals surface area contributed by atoms with E-state index in [1.807, 2.05) is 0 Å². The van der Waals surface area contributed by atoms with Crippen molar-refractivity contribution in [3.63, 3.8) is 0 Å². The number of rotatable bonds is 1. The Kier molecular flexibility index (Phi) is 3.89. The fraction of sp³-hybridized carbons (Fsp3) is 0.250. The van der Waals surface area contributed by atoms with Crippen molar-refractivity contribution in [3.05, 3.63) is 34.6 Å². The van der Waals surface area contributed by atoms with Crippen LogP contribution >= 0.6 is 46.4 Å². The second-order valence-electron chi connectivity index (χ2n) is 2.58. The van der Waals surface area contributed by atoms with Crippen LogP contribution in [0.3, 0.4) is 0 Å². The van der Waals surface area contributed by atoms with Crippen LogP contribution in [0.2, 0.25) is 5.02 Å². The minimum absolute atomic E-state index is 0.0174. The molecule has 14 heavy (non-hydrogen) atoms. The number of halogens is 5. The zero-order valence-corrected chi connectivity index (χ0v) is 9.67. The summed E-state index contributed by atoms with van der Waals surface area (Å²) in [7, 11) is 0. The molecule has 0 aliphatic carbocycles. The third-order valence-electron chi connectivity index (χ3n) is 1.58. The molecule has 0 aromatic heterocycles. The van der Waals surface area contributed by atoms with Crippen LogP contribution in [-0.2, 0) is 0 Å². The molecule has 1 aromatic rings. The molecule has 0 heterocycles. The second-order valence-corrected chi connectivity index (χ2v) is 5.36. The molecule has 1 nitrogen and oxygen atoms in total. The Hall–Kier alpha value is 0.270. The van der Waals surface area contributed by atoms with Gasteiger partial charge in [0.05, 0.1) is 0 Å². The van der Waals surface area contributed by atoms with Gasteiger partial charge in [-0.3, -0.25) is 0 Å². The van der Waals surface area contributed by atoms with Gasteiger partial charge >= 0.3 is 0 Å². The van der Waals surface area contributed by atoms with Crippen LogP contribution in [0.25, 0.3) is 0 Å². The van der Waals surface area contributed by atoms with Crippen molar-refractivity contribution in [1.29, 1.82) is 0 Å². The van der Waals surface area contributed by atoms with Gasteiger partial charge in [-0.25, -0.2) is 4.39 Å². The Bertz CT molecular complexity index is 316. The van der Waals surface area contributed by atoms with Crippen molar-refractivity contribution in [1.82, 2.24) is 0 Å². The lowest BCUT2D eigenvalue weighted by atomic mass is 10.1. The highest BCUT2D eigenvalue weighted by Crippen LogP contribution is 2.42. The summed E-state index contributed by atoms with van der Waals surface area (Å²) in [6, 6.07) is 3.92. The highest BCUT2D eigenvalue weighted by molar-refractivity contribution is 6.68. The third kappa shape index (κ3) is 2.65. The largest absolute Gasteiger partial charge is 0.384 e. The molecule has 0 saturated heterocycles. The highest BCUT2D eigenvalue weighted by atomic mass is 35.6. The summed E-state index contributed by atoms with van der Waals surface area (Å²) in [6.45, 7) is 0. The lowest BCUT2D eigenvalue weighted by Crippen LogP contribution is -2.18. The molecule has 0 radical (unpaired) electrons. The Morgan fingerprint density at radius 3 is 2.29 bits per heavy atom. The molecule has 0 amide bonds. The SMILES string of the molecule is OC(c1c(F)cccc1Cl)C(Cl)(Cl)Cl. The first kappa shape index (κ1) is 12.3. The first-order valence-corrected chi connectivity index (χ1v) is 5.04. The molecule has 1 N–H and O–H groups in total. The lowest BCUT2D eigenvalue weighted by molar-refractivity contribution is 0.177. The molecule has 1 unspecified atom stereocenters. The molecule has 0 aliphatic heterocycles. The average molecular weight is 278 g/mol. The quantitative estimate of drug-likeness (QED) is 0.773. The molecule has 6 heteroatoms. The molecule has 1 aromatic carbocycles. The van der Waals surface area contributed by atoms with Crippen LogP contribution in [0, 0.1) is 5.82 Å². The Morgan fingerprint density at radius 2 is 1.86 bits per heavy atom. The topological polar surface area (TPSA) is 20.2 Å². The van der Waals surface area contributed by atoms with Crippen LogP contribution < -0.4 is 0 Å². The molecule has 0 fully saturated rings. The number of aliphatic hydroxyl groups is 1. The van der Waals surface area contributed by atoms with Gasteiger partial charge in [0.2, 0.25) is 3.79 Å². The van der Waals surface area contributed by atoms with E-state index in [9.17, 15) is 9.50 Å². The maximum Gasteiger partial charge on any atom is 0.220 e. The van der Waals surface area contributed by atoms with Gasteiger partial charge in [0.1, 0.15) is 11.9 Å². The predicted molar refractivity (Wildman–Crippen MR) is 56.7 cm³/mol. The summed E-state index contributed by atoms with van der Waals surface area (Å²) in [4.78, 5) is 0. The summed E-state index contributed by atoms with van der Waals surface area (Å²) < 4.78 is 11.2. The van der Waals surface area contributed by atoms with Crippen LogP contribution in [-0.4, -0.2) is 8.90 Å². The summed E-state index contributed by atoms with van der Waals surface area (Å²) in [5.74, 6) is -0.712. The van der Waals surface area contributed by atoms with Crippen molar-refractivity contribution >= 4 is 46.4 Å². The summed E-state index contributed by atoms with van der Waals surface area (Å²) in [5.41, 5.74) is -0.214. The van der Waals surface area contributed by atoms with Crippen LogP contribution in [0.1, 0.15) is 11.7 Å². The number of hydrogen-bond donors (Lipinski definition) is 1. The lowest BCUT2D eigenvalue weighted by Gasteiger charge is -2.20. The van der Waals surface area contributed by atoms with Crippen molar-refractivity contribution in [2.24, 2.45) is 0 Å². The van der Waals surface area contributed by atoms with Gasteiger partial charge < -0.3 is 5.11 Å². The van der Waals surface area contributed by atoms with Gasteiger partial charge in [-0.05, 0) is 12.1 Å². The van der Waals surface area contributed by atoms with E-state index in [1.54, 1.807) is 0 Å². The molecule has 0 aliphatic rings. The van der Waals surface area contributed by atoms with Crippen LogP contribution in [0.15, 0.2) is 18.2 Å². The van der Waals surface area contributed by atoms with E-state index in [-0.39, 0.29) is 10.6 Å². The first-order chi connectivity index (χ1) is 6.34. The standard InChI is InChI=1S/C8H5Cl4FO/c9-4-2-1-3-5(13)6(4)7(14)8(10,11)12/h1-3,7,14H. The van der Waals surface area contributed by atoms with Crippen molar-refractivity contribution in [2.75, 3.05) is 0 Å². The normalized spacial score (nSPS) is 14.1. The monoisotopic (exact) mass is 276 g/mol. The third-order valence-corrected chi connectivity index (χ3v) is 2.53. The Labute approximate surface area is 100 Å². The number of hydrogen-bond acceptors (Lipinski definition) is 1. The average Bonchev–Trinajstić information content (AvgIpc) is 2.01. The smallest absolute Gasteiger partial charge is 0.220 e. The zero-order valence-electron chi connectivity index (χ0n) is 6.65. The van der Waals surface area contributed by atoms with Gasteiger partial charge in [0, 0.05) is 10.6 Å². The van der Waals surface area contributed by atoms with Gasteiger partial charge in [-0.15, -0.1) is 0 Å². The number of aliphatic hydroxyl groups excluding tert-OH is 1. The fourth-order valence-electron chi connectivity index (χ4n) is 0.936. The van der Waals surface area contributed by atoms with Crippen LogP contribution in [0.4, 0.5) is 4.39 Å². The minimum Gasteiger partial charge on any atom is -0.384 e. The fourth-order valence-corrected chi connectivity index (χ4v) is 1.53. The zero-order chi connectivity index (χ0) is 10.9. The molecule has 1 rings (SSSR count). The summed E-state index contributed by atoms with van der Waals surface area (Å²) in [5, 5.41) is 9.52.